The van der Waals surface area contributed by atoms with E-state index in [1.807, 2.05) is 6.07 Å². The van der Waals surface area contributed by atoms with Crippen LogP contribution in [0.25, 0.3) is 0 Å². The molecular weight excluding hydrogens is 363 g/mol. The molecule has 0 spiro atoms. The normalized spacial score (nSPS) is 10.7. The Kier molecular flexibility index (Phi) is 6.96. The molecule has 1 rings (SSSR count). The van der Waals surface area contributed by atoms with Gasteiger partial charge in [-0.1, -0.05) is 25.4 Å². The van der Waals surface area contributed by atoms with Gasteiger partial charge in [-0.05, 0) is 53.9 Å². The molecule has 1 aromatic carbocycles. The number of carbonyl (C=O) groups is 1. The van der Waals surface area contributed by atoms with Crippen molar-refractivity contribution >= 4 is 40.1 Å². The first kappa shape index (κ1) is 15.7. The summed E-state index contributed by atoms with van der Waals surface area (Å²) in [6.07, 6.45) is 0. The number of likely N-dealkylation sites (N-methyl/N-ethyl adjacent to an activating group) is 1. The number of amides is 1. The standard InChI is InChI=1S/C13H18ClIN2O/c1-3-17(4-2)8-7-16-13(18)10-5-6-12(15)11(14)9-10/h5-6,9H,3-4,7-8H2,1-2H3,(H,16,18). The van der Waals surface area contributed by atoms with Gasteiger partial charge in [0.25, 0.3) is 5.91 Å². The van der Waals surface area contributed by atoms with Crippen molar-refractivity contribution in [1.82, 2.24) is 10.2 Å². The second-order valence-corrected chi connectivity index (χ2v) is 5.48. The van der Waals surface area contributed by atoms with Gasteiger partial charge in [-0.2, -0.15) is 0 Å². The molecule has 1 aromatic rings. The lowest BCUT2D eigenvalue weighted by molar-refractivity contribution is 0.0949. The first-order valence-corrected chi connectivity index (χ1v) is 7.49. The first-order valence-electron chi connectivity index (χ1n) is 6.04. The Bertz CT molecular complexity index is 408. The molecule has 0 aliphatic carbocycles. The van der Waals surface area contributed by atoms with Crippen LogP contribution in [0, 0.1) is 3.57 Å². The van der Waals surface area contributed by atoms with Crippen LogP contribution < -0.4 is 5.32 Å². The third-order valence-electron chi connectivity index (χ3n) is 2.79. The number of benzene rings is 1. The number of hydrogen-bond acceptors (Lipinski definition) is 2. The first-order chi connectivity index (χ1) is 8.58. The molecule has 0 fully saturated rings. The van der Waals surface area contributed by atoms with Crippen molar-refractivity contribution in [3.05, 3.63) is 32.4 Å². The Morgan fingerprint density at radius 3 is 2.61 bits per heavy atom. The van der Waals surface area contributed by atoms with Crippen molar-refractivity contribution < 1.29 is 4.79 Å². The molecule has 0 atom stereocenters. The highest BCUT2D eigenvalue weighted by atomic mass is 127. The number of nitrogens with one attached hydrogen (secondary N) is 1. The van der Waals surface area contributed by atoms with E-state index in [1.165, 1.54) is 0 Å². The Morgan fingerprint density at radius 1 is 1.39 bits per heavy atom. The van der Waals surface area contributed by atoms with Crippen LogP contribution in [0.5, 0.6) is 0 Å². The molecule has 0 radical (unpaired) electrons. The number of nitrogens with zero attached hydrogens (tertiary/aromatic N) is 1. The minimum atomic E-state index is -0.0690. The van der Waals surface area contributed by atoms with Gasteiger partial charge in [0.2, 0.25) is 0 Å². The van der Waals surface area contributed by atoms with Gasteiger partial charge < -0.3 is 10.2 Å². The van der Waals surface area contributed by atoms with Gasteiger partial charge >= 0.3 is 0 Å². The van der Waals surface area contributed by atoms with E-state index in [1.54, 1.807) is 12.1 Å². The number of hydrogen-bond donors (Lipinski definition) is 1. The van der Waals surface area contributed by atoms with E-state index in [9.17, 15) is 4.79 Å². The maximum atomic E-state index is 11.9. The molecule has 5 heteroatoms. The van der Waals surface area contributed by atoms with Gasteiger partial charge in [-0.25, -0.2) is 0 Å². The Labute approximate surface area is 127 Å². The summed E-state index contributed by atoms with van der Waals surface area (Å²) >= 11 is 8.13. The minimum absolute atomic E-state index is 0.0690. The highest BCUT2D eigenvalue weighted by molar-refractivity contribution is 14.1. The fourth-order valence-corrected chi connectivity index (χ4v) is 2.12. The molecule has 3 nitrogen and oxygen atoms in total. The molecule has 0 bridgehead atoms. The fourth-order valence-electron chi connectivity index (χ4n) is 1.61. The zero-order valence-corrected chi connectivity index (χ0v) is 13.6. The van der Waals surface area contributed by atoms with E-state index < -0.39 is 0 Å². The second-order valence-electron chi connectivity index (χ2n) is 3.91. The van der Waals surface area contributed by atoms with E-state index in [0.29, 0.717) is 17.1 Å². The molecule has 0 unspecified atom stereocenters. The second kappa shape index (κ2) is 7.96. The van der Waals surface area contributed by atoms with Crippen molar-refractivity contribution in [2.75, 3.05) is 26.2 Å². The van der Waals surface area contributed by atoms with Crippen LogP contribution in [0.2, 0.25) is 5.02 Å². The molecule has 1 N–H and O–H groups in total. The molecule has 0 aliphatic heterocycles. The number of rotatable bonds is 6. The molecule has 0 heterocycles. The van der Waals surface area contributed by atoms with E-state index in [-0.39, 0.29) is 5.91 Å². The molecular formula is C13H18ClIN2O. The predicted octanol–water partition coefficient (Wildman–Crippen LogP) is 3.02. The maximum Gasteiger partial charge on any atom is 0.251 e. The minimum Gasteiger partial charge on any atom is -0.351 e. The van der Waals surface area contributed by atoms with Gasteiger partial charge in [-0.15, -0.1) is 0 Å². The summed E-state index contributed by atoms with van der Waals surface area (Å²) < 4.78 is 0.953. The van der Waals surface area contributed by atoms with Crippen LogP contribution >= 0.6 is 34.2 Å². The van der Waals surface area contributed by atoms with Crippen LogP contribution in [0.3, 0.4) is 0 Å². The average molecular weight is 381 g/mol. The van der Waals surface area contributed by atoms with Crippen LogP contribution in [-0.4, -0.2) is 37.0 Å². The van der Waals surface area contributed by atoms with Crippen LogP contribution in [0.4, 0.5) is 0 Å². The van der Waals surface area contributed by atoms with E-state index in [2.05, 4.69) is 46.7 Å². The Morgan fingerprint density at radius 2 is 2.06 bits per heavy atom. The smallest absolute Gasteiger partial charge is 0.251 e. The van der Waals surface area contributed by atoms with Crippen molar-refractivity contribution in [3.8, 4) is 0 Å². The average Bonchev–Trinajstić information content (AvgIpc) is 2.37. The highest BCUT2D eigenvalue weighted by Gasteiger charge is 2.07. The highest BCUT2D eigenvalue weighted by Crippen LogP contribution is 2.19. The summed E-state index contributed by atoms with van der Waals surface area (Å²) in [5.74, 6) is -0.0690. The third kappa shape index (κ3) is 4.74. The topological polar surface area (TPSA) is 32.3 Å². The van der Waals surface area contributed by atoms with Crippen molar-refractivity contribution in [2.24, 2.45) is 0 Å². The quantitative estimate of drug-likeness (QED) is 0.770. The molecule has 1 amide bonds. The zero-order chi connectivity index (χ0) is 13.5. The van der Waals surface area contributed by atoms with Gasteiger partial charge in [0, 0.05) is 22.2 Å². The molecule has 0 aromatic heterocycles. The number of carbonyl (C=O) groups excluding carboxylic acids is 1. The molecule has 0 aliphatic rings. The summed E-state index contributed by atoms with van der Waals surface area (Å²) in [5, 5.41) is 3.52. The lowest BCUT2D eigenvalue weighted by atomic mass is 10.2. The molecule has 18 heavy (non-hydrogen) atoms. The molecule has 100 valence electrons. The third-order valence-corrected chi connectivity index (χ3v) is 4.36. The van der Waals surface area contributed by atoms with E-state index >= 15 is 0 Å². The molecule has 0 saturated carbocycles. The summed E-state index contributed by atoms with van der Waals surface area (Å²) in [6.45, 7) is 7.76. The van der Waals surface area contributed by atoms with E-state index in [4.69, 9.17) is 11.6 Å². The lowest BCUT2D eigenvalue weighted by Gasteiger charge is -2.17. The summed E-state index contributed by atoms with van der Waals surface area (Å²) in [6, 6.07) is 5.35. The van der Waals surface area contributed by atoms with Crippen LogP contribution in [0.1, 0.15) is 24.2 Å². The van der Waals surface area contributed by atoms with Gasteiger partial charge in [0.1, 0.15) is 0 Å². The maximum absolute atomic E-state index is 11.9. The van der Waals surface area contributed by atoms with Crippen molar-refractivity contribution in [2.45, 2.75) is 13.8 Å². The van der Waals surface area contributed by atoms with Gasteiger partial charge in [-0.3, -0.25) is 4.79 Å². The van der Waals surface area contributed by atoms with E-state index in [0.717, 1.165) is 23.2 Å². The van der Waals surface area contributed by atoms with Crippen LogP contribution in [-0.2, 0) is 0 Å². The van der Waals surface area contributed by atoms with Gasteiger partial charge in [0.05, 0.1) is 5.02 Å². The Hall–Kier alpha value is -0.330. The predicted molar refractivity (Wildman–Crippen MR) is 84.3 cm³/mol. The zero-order valence-electron chi connectivity index (χ0n) is 10.7. The summed E-state index contributed by atoms with van der Waals surface area (Å²) in [5.41, 5.74) is 0.611. The lowest BCUT2D eigenvalue weighted by Crippen LogP contribution is -2.34. The SMILES string of the molecule is CCN(CC)CCNC(=O)c1ccc(I)c(Cl)c1. The largest absolute Gasteiger partial charge is 0.351 e. The monoisotopic (exact) mass is 380 g/mol. The van der Waals surface area contributed by atoms with Crippen molar-refractivity contribution in [1.29, 1.82) is 0 Å². The Balaban J connectivity index is 2.48. The summed E-state index contributed by atoms with van der Waals surface area (Å²) in [7, 11) is 0. The molecule has 0 saturated heterocycles. The fraction of sp³-hybridized carbons (Fsp3) is 0.462. The number of halogens is 2. The summed E-state index contributed by atoms with van der Waals surface area (Å²) in [4.78, 5) is 14.1. The van der Waals surface area contributed by atoms with Gasteiger partial charge in [0.15, 0.2) is 0 Å². The van der Waals surface area contributed by atoms with Crippen molar-refractivity contribution in [3.63, 3.8) is 0 Å². The van der Waals surface area contributed by atoms with Crippen LogP contribution in [0.15, 0.2) is 18.2 Å².